The van der Waals surface area contributed by atoms with Crippen LogP contribution in [0.4, 0.5) is 5.69 Å². The first kappa shape index (κ1) is 17.7. The highest BCUT2D eigenvalue weighted by atomic mass is 79.9. The van der Waals surface area contributed by atoms with Crippen molar-refractivity contribution in [3.05, 3.63) is 64.6 Å². The Bertz CT molecular complexity index is 650. The molecule has 2 N–H and O–H groups in total. The van der Waals surface area contributed by atoms with Crippen LogP contribution in [0.25, 0.3) is 0 Å². The second kappa shape index (κ2) is 7.75. The molecule has 4 heteroatoms. The summed E-state index contributed by atoms with van der Waals surface area (Å²) in [5.41, 5.74) is 1.98. The zero-order valence-corrected chi connectivity index (χ0v) is 15.4. The van der Waals surface area contributed by atoms with Gasteiger partial charge in [-0.3, -0.25) is 4.79 Å². The minimum atomic E-state index is -0.0536. The second-order valence-electron chi connectivity index (χ2n) is 6.62. The van der Waals surface area contributed by atoms with E-state index in [1.54, 1.807) is 0 Å². The van der Waals surface area contributed by atoms with Gasteiger partial charge in [-0.2, -0.15) is 0 Å². The van der Waals surface area contributed by atoms with E-state index in [2.05, 4.69) is 59.5 Å². The van der Waals surface area contributed by atoms with Gasteiger partial charge in [-0.15, -0.1) is 0 Å². The van der Waals surface area contributed by atoms with E-state index in [1.165, 1.54) is 5.56 Å². The summed E-state index contributed by atoms with van der Waals surface area (Å²) in [6.07, 6.45) is 0. The maximum Gasteiger partial charge on any atom is 0.238 e. The number of amides is 1. The summed E-state index contributed by atoms with van der Waals surface area (Å²) in [5.74, 6) is -0.0536. The normalized spacial score (nSPS) is 12.7. The Morgan fingerprint density at radius 1 is 1.04 bits per heavy atom. The van der Waals surface area contributed by atoms with Crippen molar-refractivity contribution in [2.24, 2.45) is 5.41 Å². The molecule has 122 valence electrons. The Morgan fingerprint density at radius 3 is 2.26 bits per heavy atom. The summed E-state index contributed by atoms with van der Waals surface area (Å²) in [7, 11) is 0. The number of rotatable bonds is 5. The van der Waals surface area contributed by atoms with Crippen LogP contribution in [0.15, 0.2) is 59.1 Å². The lowest BCUT2D eigenvalue weighted by molar-refractivity contribution is -0.115. The van der Waals surface area contributed by atoms with Gasteiger partial charge in [-0.1, -0.05) is 63.2 Å². The van der Waals surface area contributed by atoms with Crippen LogP contribution in [-0.2, 0) is 4.79 Å². The molecule has 0 spiro atoms. The minimum Gasteiger partial charge on any atom is -0.324 e. The van der Waals surface area contributed by atoms with E-state index in [-0.39, 0.29) is 23.9 Å². The Balaban J connectivity index is 2.02. The summed E-state index contributed by atoms with van der Waals surface area (Å²) < 4.78 is 0.879. The molecular formula is C19H23BrN2O. The van der Waals surface area contributed by atoms with Crippen LogP contribution in [0.3, 0.4) is 0 Å². The zero-order valence-electron chi connectivity index (χ0n) is 13.8. The average Bonchev–Trinajstić information content (AvgIpc) is 2.49. The third kappa shape index (κ3) is 5.19. The molecule has 0 saturated heterocycles. The fraction of sp³-hybridized carbons (Fsp3) is 0.316. The number of hydrogen-bond acceptors (Lipinski definition) is 2. The molecule has 0 radical (unpaired) electrons. The van der Waals surface area contributed by atoms with E-state index in [1.807, 2.05) is 42.5 Å². The first-order valence-corrected chi connectivity index (χ1v) is 8.50. The van der Waals surface area contributed by atoms with Crippen molar-refractivity contribution < 1.29 is 4.79 Å². The predicted octanol–water partition coefficient (Wildman–Crippen LogP) is 4.76. The molecule has 0 aliphatic heterocycles. The summed E-state index contributed by atoms with van der Waals surface area (Å²) in [4.78, 5) is 12.2. The highest BCUT2D eigenvalue weighted by molar-refractivity contribution is 9.10. The quantitative estimate of drug-likeness (QED) is 0.791. The number of carbonyl (C=O) groups is 1. The van der Waals surface area contributed by atoms with Crippen LogP contribution in [0.1, 0.15) is 32.4 Å². The number of hydrogen-bond donors (Lipinski definition) is 2. The molecule has 2 aromatic rings. The molecule has 1 atom stereocenters. The van der Waals surface area contributed by atoms with Gasteiger partial charge in [0.15, 0.2) is 0 Å². The largest absolute Gasteiger partial charge is 0.324 e. The van der Waals surface area contributed by atoms with Crippen LogP contribution in [0.5, 0.6) is 0 Å². The topological polar surface area (TPSA) is 41.1 Å². The smallest absolute Gasteiger partial charge is 0.238 e. The average molecular weight is 375 g/mol. The Morgan fingerprint density at radius 2 is 1.65 bits per heavy atom. The van der Waals surface area contributed by atoms with Gasteiger partial charge in [0.2, 0.25) is 5.91 Å². The lowest BCUT2D eigenvalue weighted by Crippen LogP contribution is -2.37. The highest BCUT2D eigenvalue weighted by Gasteiger charge is 2.26. The summed E-state index contributed by atoms with van der Waals surface area (Å²) in [5, 5.41) is 6.31. The summed E-state index contributed by atoms with van der Waals surface area (Å²) in [6, 6.07) is 17.9. The SMILES string of the molecule is CC(C)(C)[C@H](NCC(=O)Nc1ccccc1Br)c1ccccc1. The van der Waals surface area contributed by atoms with Crippen LogP contribution >= 0.6 is 15.9 Å². The standard InChI is InChI=1S/C19H23BrN2O/c1-19(2,3)18(14-9-5-4-6-10-14)21-13-17(23)22-16-12-8-7-11-15(16)20/h4-12,18,21H,13H2,1-3H3,(H,22,23)/t18-/m1/s1. The van der Waals surface area contributed by atoms with Gasteiger partial charge in [0.05, 0.1) is 12.2 Å². The zero-order chi connectivity index (χ0) is 16.9. The molecule has 0 aromatic heterocycles. The minimum absolute atomic E-state index is 0.00889. The van der Waals surface area contributed by atoms with Gasteiger partial charge in [0.1, 0.15) is 0 Å². The summed E-state index contributed by atoms with van der Waals surface area (Å²) in [6.45, 7) is 6.77. The molecule has 0 aliphatic carbocycles. The molecule has 0 aliphatic rings. The van der Waals surface area contributed by atoms with E-state index in [0.29, 0.717) is 0 Å². The van der Waals surface area contributed by atoms with Crippen molar-refractivity contribution in [1.82, 2.24) is 5.32 Å². The lowest BCUT2D eigenvalue weighted by atomic mass is 9.82. The van der Waals surface area contributed by atoms with Crippen LogP contribution in [-0.4, -0.2) is 12.5 Å². The molecule has 0 unspecified atom stereocenters. The Hall–Kier alpha value is -1.65. The van der Waals surface area contributed by atoms with E-state index in [0.717, 1.165) is 10.2 Å². The van der Waals surface area contributed by atoms with Crippen molar-refractivity contribution in [2.75, 3.05) is 11.9 Å². The van der Waals surface area contributed by atoms with Crippen molar-refractivity contribution in [1.29, 1.82) is 0 Å². The van der Waals surface area contributed by atoms with Crippen LogP contribution < -0.4 is 10.6 Å². The van der Waals surface area contributed by atoms with Crippen molar-refractivity contribution in [3.8, 4) is 0 Å². The fourth-order valence-electron chi connectivity index (χ4n) is 2.52. The van der Waals surface area contributed by atoms with Gasteiger partial charge in [0, 0.05) is 10.5 Å². The van der Waals surface area contributed by atoms with Gasteiger partial charge >= 0.3 is 0 Å². The Labute approximate surface area is 146 Å². The molecule has 2 aromatic carbocycles. The number of nitrogens with one attached hydrogen (secondary N) is 2. The third-order valence-corrected chi connectivity index (χ3v) is 4.31. The van der Waals surface area contributed by atoms with Gasteiger partial charge in [-0.25, -0.2) is 0 Å². The summed E-state index contributed by atoms with van der Waals surface area (Å²) >= 11 is 3.44. The first-order valence-electron chi connectivity index (χ1n) is 7.70. The lowest BCUT2D eigenvalue weighted by Gasteiger charge is -2.32. The maximum absolute atomic E-state index is 12.2. The van der Waals surface area contributed by atoms with Crippen LogP contribution in [0.2, 0.25) is 0 Å². The van der Waals surface area contributed by atoms with E-state index in [4.69, 9.17) is 0 Å². The number of benzene rings is 2. The van der Waals surface area contributed by atoms with E-state index in [9.17, 15) is 4.79 Å². The molecule has 23 heavy (non-hydrogen) atoms. The molecule has 0 fully saturated rings. The van der Waals surface area contributed by atoms with E-state index < -0.39 is 0 Å². The molecule has 1 amide bonds. The van der Waals surface area contributed by atoms with Crippen molar-refractivity contribution >= 4 is 27.5 Å². The molecule has 3 nitrogen and oxygen atoms in total. The Kier molecular flexibility index (Phi) is 5.97. The van der Waals surface area contributed by atoms with Crippen LogP contribution in [0, 0.1) is 5.41 Å². The molecular weight excluding hydrogens is 352 g/mol. The first-order chi connectivity index (χ1) is 10.9. The van der Waals surface area contributed by atoms with Crippen molar-refractivity contribution in [3.63, 3.8) is 0 Å². The number of anilines is 1. The number of carbonyl (C=O) groups excluding carboxylic acids is 1. The fourth-order valence-corrected chi connectivity index (χ4v) is 2.91. The highest BCUT2D eigenvalue weighted by Crippen LogP contribution is 2.32. The van der Waals surface area contributed by atoms with E-state index >= 15 is 0 Å². The van der Waals surface area contributed by atoms with Crippen molar-refractivity contribution in [2.45, 2.75) is 26.8 Å². The molecule has 2 rings (SSSR count). The molecule has 0 saturated carbocycles. The van der Waals surface area contributed by atoms with Gasteiger partial charge in [0.25, 0.3) is 0 Å². The predicted molar refractivity (Wildman–Crippen MR) is 99.4 cm³/mol. The molecule has 0 bridgehead atoms. The number of halogens is 1. The molecule has 0 heterocycles. The number of para-hydroxylation sites is 1. The van der Waals surface area contributed by atoms with Gasteiger partial charge in [-0.05, 0) is 39.0 Å². The van der Waals surface area contributed by atoms with Gasteiger partial charge < -0.3 is 10.6 Å². The maximum atomic E-state index is 12.2. The monoisotopic (exact) mass is 374 g/mol. The second-order valence-corrected chi connectivity index (χ2v) is 7.47. The third-order valence-electron chi connectivity index (χ3n) is 3.61.